The largest absolute Gasteiger partial charge is 0.545 e. The van der Waals surface area contributed by atoms with Crippen LogP contribution in [0.4, 0.5) is 0 Å². The Morgan fingerprint density at radius 1 is 0.750 bits per heavy atom. The van der Waals surface area contributed by atoms with E-state index in [4.69, 9.17) is 0 Å². The molecule has 0 aromatic carbocycles. The highest BCUT2D eigenvalue weighted by Gasteiger charge is 1.85. The summed E-state index contributed by atoms with van der Waals surface area (Å²) in [6.45, 7) is 13.8. The number of carboxylic acid groups (broad SMARTS) is 2. The second-order valence-corrected chi connectivity index (χ2v) is 4.30. The molecule has 0 spiro atoms. The minimum absolute atomic E-state index is 0.384. The second-order valence-electron chi connectivity index (χ2n) is 4.30. The highest BCUT2D eigenvalue weighted by atomic mass is 16.4. The topological polar surface area (TPSA) is 89.1 Å². The number of hydrogen-bond donors (Lipinski definition) is 2. The molecule has 0 saturated carbocycles. The van der Waals surface area contributed by atoms with Crippen molar-refractivity contribution in [1.82, 2.24) is 0 Å². The number of quaternary nitrogens is 2. The van der Waals surface area contributed by atoms with Crippen molar-refractivity contribution >= 4 is 11.9 Å². The summed E-state index contributed by atoms with van der Waals surface area (Å²) in [5, 5.41) is 18.8. The first-order chi connectivity index (χ1) is 9.24. The van der Waals surface area contributed by atoms with E-state index in [1.807, 2.05) is 0 Å². The van der Waals surface area contributed by atoms with Crippen molar-refractivity contribution in [1.29, 1.82) is 0 Å². The third kappa shape index (κ3) is 30.0. The molecule has 0 unspecified atom stereocenters. The fourth-order valence-corrected chi connectivity index (χ4v) is 0.636. The van der Waals surface area contributed by atoms with Gasteiger partial charge in [0.2, 0.25) is 0 Å². The molecule has 0 fully saturated rings. The average Bonchev–Trinajstić information content (AvgIpc) is 2.44. The third-order valence-electron chi connectivity index (χ3n) is 2.77. The van der Waals surface area contributed by atoms with Crippen LogP contribution in [0.25, 0.3) is 0 Å². The zero-order chi connectivity index (χ0) is 16.6. The lowest BCUT2D eigenvalue weighted by Gasteiger charge is -2.04. The Balaban J connectivity index is -0.000000221. The van der Waals surface area contributed by atoms with E-state index in [-0.39, 0.29) is 0 Å². The van der Waals surface area contributed by atoms with Crippen molar-refractivity contribution in [3.63, 3.8) is 0 Å². The summed E-state index contributed by atoms with van der Waals surface area (Å²) in [7, 11) is 4.39. The SMILES string of the molecule is CC[NH+](C)CC.CC[NH+](C)CC.O=C([O-])/C=C\C(=O)[O-]. The van der Waals surface area contributed by atoms with Crippen molar-refractivity contribution < 1.29 is 29.6 Å². The van der Waals surface area contributed by atoms with Crippen LogP contribution in [0.1, 0.15) is 27.7 Å². The quantitative estimate of drug-likeness (QED) is 0.490. The van der Waals surface area contributed by atoms with Gasteiger partial charge in [-0.15, -0.1) is 0 Å². The summed E-state index contributed by atoms with van der Waals surface area (Å²) in [6.07, 6.45) is 0.769. The minimum atomic E-state index is -1.55. The van der Waals surface area contributed by atoms with Gasteiger partial charge in [-0.2, -0.15) is 0 Å². The van der Waals surface area contributed by atoms with Crippen molar-refractivity contribution in [2.24, 2.45) is 0 Å². The van der Waals surface area contributed by atoms with Crippen LogP contribution in [0.5, 0.6) is 0 Å². The second kappa shape index (κ2) is 17.6. The first-order valence-electron chi connectivity index (χ1n) is 6.97. The van der Waals surface area contributed by atoms with Crippen molar-refractivity contribution in [3.8, 4) is 0 Å². The molecule has 2 N–H and O–H groups in total. The molecule has 0 bridgehead atoms. The van der Waals surface area contributed by atoms with Gasteiger partial charge in [-0.1, -0.05) is 0 Å². The van der Waals surface area contributed by atoms with Crippen molar-refractivity contribution in [3.05, 3.63) is 12.2 Å². The number of hydrogen-bond acceptors (Lipinski definition) is 4. The number of carbonyl (C=O) groups is 2. The summed E-state index contributed by atoms with van der Waals surface area (Å²) >= 11 is 0. The van der Waals surface area contributed by atoms with Crippen LogP contribution in [0, 0.1) is 0 Å². The molecule has 0 rings (SSSR count). The van der Waals surface area contributed by atoms with Crippen LogP contribution >= 0.6 is 0 Å². The molecule has 6 nitrogen and oxygen atoms in total. The fourth-order valence-electron chi connectivity index (χ4n) is 0.636. The van der Waals surface area contributed by atoms with Gasteiger partial charge in [-0.3, -0.25) is 0 Å². The van der Waals surface area contributed by atoms with E-state index >= 15 is 0 Å². The predicted molar refractivity (Wildman–Crippen MR) is 75.1 cm³/mol. The van der Waals surface area contributed by atoms with Gasteiger partial charge in [0.15, 0.2) is 0 Å². The Morgan fingerprint density at radius 2 is 0.950 bits per heavy atom. The maximum Gasteiger partial charge on any atom is 0.0740 e. The summed E-state index contributed by atoms with van der Waals surface area (Å²) in [5.74, 6) is -3.09. The molecule has 0 aliphatic carbocycles. The van der Waals surface area contributed by atoms with E-state index in [0.717, 1.165) is 0 Å². The van der Waals surface area contributed by atoms with Crippen LogP contribution in [0.15, 0.2) is 12.2 Å². The first-order valence-corrected chi connectivity index (χ1v) is 6.97. The Hall–Kier alpha value is -1.40. The van der Waals surface area contributed by atoms with E-state index in [1.54, 1.807) is 9.80 Å². The van der Waals surface area contributed by atoms with Crippen LogP contribution in [-0.2, 0) is 9.59 Å². The van der Waals surface area contributed by atoms with Gasteiger partial charge in [-0.25, -0.2) is 0 Å². The Kier molecular flexibility index (Phi) is 20.8. The summed E-state index contributed by atoms with van der Waals surface area (Å²) in [5.41, 5.74) is 0. The van der Waals surface area contributed by atoms with Gasteiger partial charge in [-0.05, 0) is 39.8 Å². The molecule has 0 heterocycles. The van der Waals surface area contributed by atoms with Gasteiger partial charge in [0.1, 0.15) is 0 Å². The average molecular weight is 290 g/mol. The molecule has 0 aliphatic heterocycles. The van der Waals surface area contributed by atoms with Crippen LogP contribution < -0.4 is 20.0 Å². The number of carboxylic acids is 2. The van der Waals surface area contributed by atoms with Crippen LogP contribution in [-0.4, -0.2) is 52.2 Å². The summed E-state index contributed by atoms with van der Waals surface area (Å²) < 4.78 is 0. The van der Waals surface area contributed by atoms with E-state index in [0.29, 0.717) is 12.2 Å². The van der Waals surface area contributed by atoms with Crippen molar-refractivity contribution in [2.75, 3.05) is 40.3 Å². The fraction of sp³-hybridized carbons (Fsp3) is 0.714. The molecule has 0 aromatic heterocycles. The highest BCUT2D eigenvalue weighted by Crippen LogP contribution is 1.64. The molecular formula is C14H30N2O4. The summed E-state index contributed by atoms with van der Waals surface area (Å²) in [4.78, 5) is 22.0. The van der Waals surface area contributed by atoms with Crippen LogP contribution in [0.2, 0.25) is 0 Å². The van der Waals surface area contributed by atoms with E-state index < -0.39 is 11.9 Å². The zero-order valence-corrected chi connectivity index (χ0v) is 13.6. The number of carbonyl (C=O) groups excluding carboxylic acids is 2. The Morgan fingerprint density at radius 3 is 1.00 bits per heavy atom. The van der Waals surface area contributed by atoms with Gasteiger partial charge in [0.05, 0.1) is 52.2 Å². The van der Waals surface area contributed by atoms with Gasteiger partial charge in [0.25, 0.3) is 0 Å². The standard InChI is InChI=1S/2C5H13N.C4H4O4/c2*1-4-6(3)5-2;5-3(6)1-2-4(7)8/h2*4-5H2,1-3H3;1-2H,(H,5,6)(H,7,8)/b;;2-1-. The molecule has 0 aromatic rings. The molecule has 0 atom stereocenters. The van der Waals surface area contributed by atoms with Gasteiger partial charge < -0.3 is 29.6 Å². The third-order valence-corrected chi connectivity index (χ3v) is 2.77. The van der Waals surface area contributed by atoms with Gasteiger partial charge in [0, 0.05) is 0 Å². The monoisotopic (exact) mass is 290 g/mol. The maximum absolute atomic E-state index is 9.41. The lowest BCUT2D eigenvalue weighted by atomic mass is 10.5. The minimum Gasteiger partial charge on any atom is -0.545 e. The maximum atomic E-state index is 9.41. The number of nitrogens with one attached hydrogen (secondary N) is 2. The lowest BCUT2D eigenvalue weighted by Crippen LogP contribution is -3.08. The number of aliphatic carboxylic acids is 2. The number of rotatable bonds is 6. The van der Waals surface area contributed by atoms with Crippen LogP contribution in [0.3, 0.4) is 0 Å². The molecular weight excluding hydrogens is 260 g/mol. The van der Waals surface area contributed by atoms with E-state index in [1.165, 1.54) is 26.2 Å². The molecule has 0 radical (unpaired) electrons. The molecule has 0 amide bonds. The van der Waals surface area contributed by atoms with E-state index in [9.17, 15) is 19.8 Å². The summed E-state index contributed by atoms with van der Waals surface area (Å²) in [6, 6.07) is 0. The zero-order valence-electron chi connectivity index (χ0n) is 13.6. The smallest absolute Gasteiger partial charge is 0.0740 e. The molecule has 0 saturated heterocycles. The first kappa shape index (κ1) is 23.7. The van der Waals surface area contributed by atoms with E-state index in [2.05, 4.69) is 41.8 Å². The molecule has 6 heteroatoms. The van der Waals surface area contributed by atoms with Crippen molar-refractivity contribution in [2.45, 2.75) is 27.7 Å². The van der Waals surface area contributed by atoms with Gasteiger partial charge >= 0.3 is 0 Å². The molecule has 20 heavy (non-hydrogen) atoms. The lowest BCUT2D eigenvalue weighted by molar-refractivity contribution is -0.875. The molecule has 0 aliphatic rings. The predicted octanol–water partition coefficient (Wildman–Crippen LogP) is -3.88. The Labute approximate surface area is 122 Å². The normalized spacial score (nSPS) is 9.80. The molecule has 120 valence electrons. The Bertz CT molecular complexity index is 234. The highest BCUT2D eigenvalue weighted by molar-refractivity contribution is 5.87.